The van der Waals surface area contributed by atoms with Gasteiger partial charge in [-0.2, -0.15) is 0 Å². The molecule has 3 rings (SSSR count). The van der Waals surface area contributed by atoms with Crippen LogP contribution in [0.2, 0.25) is 0 Å². The molecule has 0 aliphatic carbocycles. The van der Waals surface area contributed by atoms with E-state index in [1.54, 1.807) is 11.0 Å². The van der Waals surface area contributed by atoms with Gasteiger partial charge in [0.05, 0.1) is 12.1 Å². The lowest BCUT2D eigenvalue weighted by Gasteiger charge is -2.35. The molecule has 2 atom stereocenters. The van der Waals surface area contributed by atoms with E-state index in [0.29, 0.717) is 5.56 Å². The molecule has 0 saturated carbocycles. The monoisotopic (exact) mass is 323 g/mol. The number of hydrogen-bond acceptors (Lipinski definition) is 2. The zero-order valence-electron chi connectivity index (χ0n) is 13.6. The summed E-state index contributed by atoms with van der Waals surface area (Å²) in [6, 6.07) is 4.02. The summed E-state index contributed by atoms with van der Waals surface area (Å²) in [6.07, 6.45) is 1.85. The van der Waals surface area contributed by atoms with E-state index in [1.807, 2.05) is 0 Å². The maximum absolute atomic E-state index is 13.7. The van der Waals surface area contributed by atoms with Crippen LogP contribution in [0, 0.1) is 11.6 Å². The number of halogens is 2. The van der Waals surface area contributed by atoms with Crippen molar-refractivity contribution in [2.24, 2.45) is 0 Å². The summed E-state index contributed by atoms with van der Waals surface area (Å²) in [6.45, 7) is 6.57. The van der Waals surface area contributed by atoms with Crippen LogP contribution in [-0.2, 0) is 0 Å². The summed E-state index contributed by atoms with van der Waals surface area (Å²) >= 11 is 0. The van der Waals surface area contributed by atoms with E-state index in [9.17, 15) is 13.6 Å². The minimum atomic E-state index is -0.844. The van der Waals surface area contributed by atoms with Gasteiger partial charge in [-0.3, -0.25) is 4.90 Å². The van der Waals surface area contributed by atoms with E-state index in [4.69, 9.17) is 0 Å². The fraction of sp³-hybridized carbons (Fsp3) is 0.588. The third kappa shape index (κ3) is 3.17. The van der Waals surface area contributed by atoms with Gasteiger partial charge in [0.25, 0.3) is 0 Å². The van der Waals surface area contributed by atoms with Crippen LogP contribution in [-0.4, -0.2) is 47.5 Å². The minimum Gasteiger partial charge on any atom is -0.333 e. The van der Waals surface area contributed by atoms with E-state index in [-0.39, 0.29) is 24.2 Å². The first-order valence-corrected chi connectivity index (χ1v) is 8.23. The van der Waals surface area contributed by atoms with Crippen molar-refractivity contribution in [3.8, 4) is 0 Å². The van der Waals surface area contributed by atoms with Crippen LogP contribution in [0.25, 0.3) is 0 Å². The normalized spacial score (nSPS) is 24.8. The smallest absolute Gasteiger partial charge is 0.317 e. The molecule has 2 fully saturated rings. The van der Waals surface area contributed by atoms with E-state index in [2.05, 4.69) is 24.1 Å². The standard InChI is InChI=1S/C17H23F2N3O/c1-11(2)22-9-6-15(20-17(23)21-7-3-8-21)16(22)12-4-5-13(18)14(19)10-12/h4-5,10-11,15-16H,3,6-9H2,1-2H3,(H,20,23). The lowest BCUT2D eigenvalue weighted by Crippen LogP contribution is -2.52. The molecule has 2 saturated heterocycles. The minimum absolute atomic E-state index is 0.0561. The number of hydrogen-bond donors (Lipinski definition) is 1. The van der Waals surface area contributed by atoms with Gasteiger partial charge in [0.15, 0.2) is 11.6 Å². The molecule has 126 valence electrons. The Morgan fingerprint density at radius 3 is 2.52 bits per heavy atom. The fourth-order valence-electron chi connectivity index (χ4n) is 3.44. The molecule has 0 radical (unpaired) electrons. The number of likely N-dealkylation sites (tertiary alicyclic amines) is 2. The van der Waals surface area contributed by atoms with Gasteiger partial charge in [-0.1, -0.05) is 6.07 Å². The van der Waals surface area contributed by atoms with E-state index in [1.165, 1.54) is 6.07 Å². The van der Waals surface area contributed by atoms with Crippen LogP contribution >= 0.6 is 0 Å². The second kappa shape index (κ2) is 6.43. The lowest BCUT2D eigenvalue weighted by molar-refractivity contribution is 0.154. The third-order valence-corrected chi connectivity index (χ3v) is 4.84. The summed E-state index contributed by atoms with van der Waals surface area (Å²) < 4.78 is 26.9. The molecular formula is C17H23F2N3O. The Bertz CT molecular complexity index is 589. The number of rotatable bonds is 3. The Balaban J connectivity index is 1.82. The maximum Gasteiger partial charge on any atom is 0.317 e. The molecule has 1 aromatic carbocycles. The molecule has 0 bridgehead atoms. The van der Waals surface area contributed by atoms with Crippen LogP contribution in [0.1, 0.15) is 38.3 Å². The summed E-state index contributed by atoms with van der Waals surface area (Å²) in [5, 5.41) is 3.08. The molecule has 2 aliphatic heterocycles. The molecular weight excluding hydrogens is 300 g/mol. The molecule has 2 aliphatic rings. The average Bonchev–Trinajstić information content (AvgIpc) is 2.83. The van der Waals surface area contributed by atoms with Crippen molar-refractivity contribution < 1.29 is 13.6 Å². The number of carbonyl (C=O) groups is 1. The third-order valence-electron chi connectivity index (χ3n) is 4.84. The highest BCUT2D eigenvalue weighted by Crippen LogP contribution is 2.34. The van der Waals surface area contributed by atoms with Crippen molar-refractivity contribution in [2.75, 3.05) is 19.6 Å². The highest BCUT2D eigenvalue weighted by Gasteiger charge is 2.38. The Morgan fingerprint density at radius 2 is 1.96 bits per heavy atom. The Morgan fingerprint density at radius 1 is 1.22 bits per heavy atom. The second-order valence-electron chi connectivity index (χ2n) is 6.64. The van der Waals surface area contributed by atoms with Crippen LogP contribution in [0.4, 0.5) is 13.6 Å². The summed E-state index contributed by atoms with van der Waals surface area (Å²) in [5.74, 6) is -1.69. The van der Waals surface area contributed by atoms with Crippen LogP contribution < -0.4 is 5.32 Å². The maximum atomic E-state index is 13.7. The van der Waals surface area contributed by atoms with Gasteiger partial charge in [0.2, 0.25) is 0 Å². The van der Waals surface area contributed by atoms with E-state index < -0.39 is 11.6 Å². The largest absolute Gasteiger partial charge is 0.333 e. The second-order valence-corrected chi connectivity index (χ2v) is 6.64. The van der Waals surface area contributed by atoms with Gasteiger partial charge in [-0.05, 0) is 44.4 Å². The van der Waals surface area contributed by atoms with Crippen molar-refractivity contribution in [3.63, 3.8) is 0 Å². The molecule has 23 heavy (non-hydrogen) atoms. The zero-order valence-corrected chi connectivity index (χ0v) is 13.6. The predicted molar refractivity (Wildman–Crippen MR) is 84.1 cm³/mol. The number of amides is 2. The summed E-state index contributed by atoms with van der Waals surface area (Å²) in [4.78, 5) is 16.2. The molecule has 2 heterocycles. The van der Waals surface area contributed by atoms with Crippen LogP contribution in [0.15, 0.2) is 18.2 Å². The van der Waals surface area contributed by atoms with E-state index >= 15 is 0 Å². The van der Waals surface area contributed by atoms with Gasteiger partial charge in [-0.25, -0.2) is 13.6 Å². The molecule has 0 aromatic heterocycles. The fourth-order valence-corrected chi connectivity index (χ4v) is 3.44. The molecule has 1 N–H and O–H groups in total. The number of nitrogens with one attached hydrogen (secondary N) is 1. The highest BCUT2D eigenvalue weighted by molar-refractivity contribution is 5.75. The van der Waals surface area contributed by atoms with Crippen molar-refractivity contribution in [2.45, 2.75) is 44.8 Å². The molecule has 1 aromatic rings. The van der Waals surface area contributed by atoms with Gasteiger partial charge < -0.3 is 10.2 Å². The van der Waals surface area contributed by atoms with Gasteiger partial charge >= 0.3 is 6.03 Å². The zero-order chi connectivity index (χ0) is 16.6. The predicted octanol–water partition coefficient (Wildman–Crippen LogP) is 2.90. The first-order chi connectivity index (χ1) is 11.0. The van der Waals surface area contributed by atoms with Gasteiger partial charge in [-0.15, -0.1) is 0 Å². The number of benzene rings is 1. The highest BCUT2D eigenvalue weighted by atomic mass is 19.2. The van der Waals surface area contributed by atoms with Crippen LogP contribution in [0.3, 0.4) is 0 Å². The van der Waals surface area contributed by atoms with Crippen LogP contribution in [0.5, 0.6) is 0 Å². The number of nitrogens with zero attached hydrogens (tertiary/aromatic N) is 2. The topological polar surface area (TPSA) is 35.6 Å². The first kappa shape index (κ1) is 16.2. The van der Waals surface area contributed by atoms with Crippen molar-refractivity contribution in [1.82, 2.24) is 15.1 Å². The number of urea groups is 1. The van der Waals surface area contributed by atoms with Gasteiger partial charge in [0, 0.05) is 25.7 Å². The Hall–Kier alpha value is -1.69. The quantitative estimate of drug-likeness (QED) is 0.928. The van der Waals surface area contributed by atoms with E-state index in [0.717, 1.165) is 38.5 Å². The molecule has 2 amide bonds. The lowest BCUT2D eigenvalue weighted by atomic mass is 9.99. The summed E-state index contributed by atoms with van der Waals surface area (Å²) in [7, 11) is 0. The molecule has 0 spiro atoms. The van der Waals surface area contributed by atoms with Gasteiger partial charge in [0.1, 0.15) is 0 Å². The Labute approximate surface area is 135 Å². The van der Waals surface area contributed by atoms with Crippen molar-refractivity contribution >= 4 is 6.03 Å². The average molecular weight is 323 g/mol. The molecule has 6 heteroatoms. The number of carbonyl (C=O) groups excluding carboxylic acids is 1. The van der Waals surface area contributed by atoms with Crippen molar-refractivity contribution in [3.05, 3.63) is 35.4 Å². The Kier molecular flexibility index (Phi) is 4.53. The van der Waals surface area contributed by atoms with Crippen molar-refractivity contribution in [1.29, 1.82) is 0 Å². The first-order valence-electron chi connectivity index (χ1n) is 8.23. The molecule has 4 nitrogen and oxygen atoms in total. The molecule has 2 unspecified atom stereocenters. The SMILES string of the molecule is CC(C)N1CCC(NC(=O)N2CCC2)C1c1ccc(F)c(F)c1. The summed E-state index contributed by atoms with van der Waals surface area (Å²) in [5.41, 5.74) is 0.712.